The lowest BCUT2D eigenvalue weighted by molar-refractivity contribution is -0.137. The molecule has 0 saturated carbocycles. The van der Waals surface area contributed by atoms with Gasteiger partial charge < -0.3 is 4.57 Å². The van der Waals surface area contributed by atoms with Gasteiger partial charge in [0, 0.05) is 20.1 Å². The van der Waals surface area contributed by atoms with Gasteiger partial charge in [-0.15, -0.1) is 0 Å². The Balaban J connectivity index is 0.00000132. The molecular formula is C23H26F5N3. The number of fused-ring (bicyclic) bond motifs is 1. The maximum atomic E-state index is 15.8. The Morgan fingerprint density at radius 2 is 1.84 bits per heavy atom. The van der Waals surface area contributed by atoms with E-state index >= 15 is 4.39 Å². The normalized spacial score (nSPS) is 19.9. The summed E-state index contributed by atoms with van der Waals surface area (Å²) in [5.74, 6) is -0.944. The highest BCUT2D eigenvalue weighted by molar-refractivity contribution is 5.76. The number of likely N-dealkylation sites (tertiary alicyclic amines) is 1. The SMILES string of the molecule is CC.Cn1cnc2ccc(C3(F)CCCN(Cc4cc(F)cc(C(F)(F)F)c4)C3)cc21. The number of halogens is 5. The monoisotopic (exact) mass is 439 g/mol. The Kier molecular flexibility index (Phi) is 6.69. The van der Waals surface area contributed by atoms with Gasteiger partial charge in [-0.05, 0) is 60.8 Å². The van der Waals surface area contributed by atoms with Gasteiger partial charge in [-0.1, -0.05) is 19.9 Å². The molecule has 1 saturated heterocycles. The molecule has 0 radical (unpaired) electrons. The van der Waals surface area contributed by atoms with E-state index in [0.717, 1.165) is 23.2 Å². The standard InChI is InChI=1S/C21H20F5N3.C2H6/c1-28-13-27-18-4-3-15(10-19(18)28)20(23)5-2-6-29(12-20)11-14-7-16(21(24,25)26)9-17(22)8-14;1-2/h3-4,7-10,13H,2,5-6,11-12H2,1H3;1-2H3. The molecule has 3 aromatic rings. The molecule has 1 aliphatic rings. The molecule has 1 fully saturated rings. The van der Waals surface area contributed by atoms with Crippen molar-refractivity contribution in [1.82, 2.24) is 14.5 Å². The lowest BCUT2D eigenvalue weighted by Crippen LogP contribution is -2.43. The number of hydrogen-bond donors (Lipinski definition) is 0. The third-order valence-corrected chi connectivity index (χ3v) is 5.46. The first-order valence-corrected chi connectivity index (χ1v) is 10.3. The van der Waals surface area contributed by atoms with Gasteiger partial charge in [0.05, 0.1) is 22.9 Å². The van der Waals surface area contributed by atoms with Crippen LogP contribution >= 0.6 is 0 Å². The first kappa shape index (κ1) is 23.2. The van der Waals surface area contributed by atoms with Crippen LogP contribution in [0.4, 0.5) is 22.0 Å². The molecule has 4 rings (SSSR count). The van der Waals surface area contributed by atoms with E-state index in [9.17, 15) is 17.6 Å². The van der Waals surface area contributed by atoms with E-state index in [4.69, 9.17) is 0 Å². The van der Waals surface area contributed by atoms with Crippen LogP contribution in [0.5, 0.6) is 0 Å². The van der Waals surface area contributed by atoms with Crippen LogP contribution in [0.3, 0.4) is 0 Å². The number of piperidine rings is 1. The predicted molar refractivity (Wildman–Crippen MR) is 111 cm³/mol. The summed E-state index contributed by atoms with van der Waals surface area (Å²) >= 11 is 0. The van der Waals surface area contributed by atoms with E-state index in [-0.39, 0.29) is 18.7 Å². The third-order valence-electron chi connectivity index (χ3n) is 5.46. The van der Waals surface area contributed by atoms with Gasteiger partial charge in [0.25, 0.3) is 0 Å². The summed E-state index contributed by atoms with van der Waals surface area (Å²) in [5.41, 5.74) is -0.366. The summed E-state index contributed by atoms with van der Waals surface area (Å²) in [6.45, 7) is 4.63. The van der Waals surface area contributed by atoms with Gasteiger partial charge in [0.15, 0.2) is 0 Å². The number of imidazole rings is 1. The third kappa shape index (κ3) is 5.06. The average molecular weight is 439 g/mol. The van der Waals surface area contributed by atoms with Crippen LogP contribution < -0.4 is 0 Å². The van der Waals surface area contributed by atoms with Crippen LogP contribution in [0, 0.1) is 5.82 Å². The van der Waals surface area contributed by atoms with Crippen molar-refractivity contribution < 1.29 is 22.0 Å². The van der Waals surface area contributed by atoms with Crippen LogP contribution in [0.1, 0.15) is 43.4 Å². The van der Waals surface area contributed by atoms with Crippen molar-refractivity contribution >= 4 is 11.0 Å². The maximum Gasteiger partial charge on any atom is 0.416 e. The molecule has 1 unspecified atom stereocenters. The summed E-state index contributed by atoms with van der Waals surface area (Å²) in [4.78, 5) is 5.98. The molecule has 1 atom stereocenters. The fourth-order valence-corrected chi connectivity index (χ4v) is 4.03. The first-order valence-electron chi connectivity index (χ1n) is 10.3. The zero-order valence-electron chi connectivity index (χ0n) is 17.8. The van der Waals surface area contributed by atoms with Gasteiger partial charge >= 0.3 is 6.18 Å². The van der Waals surface area contributed by atoms with Crippen molar-refractivity contribution in [2.75, 3.05) is 13.1 Å². The number of nitrogens with zero attached hydrogens (tertiary/aromatic N) is 3. The molecule has 8 heteroatoms. The van der Waals surface area contributed by atoms with Crippen LogP contribution in [0.25, 0.3) is 11.0 Å². The molecule has 168 valence electrons. The average Bonchev–Trinajstić information content (AvgIpc) is 3.09. The molecule has 0 N–H and O–H groups in total. The highest BCUT2D eigenvalue weighted by atomic mass is 19.4. The van der Waals surface area contributed by atoms with Crippen molar-refractivity contribution in [3.8, 4) is 0 Å². The molecule has 31 heavy (non-hydrogen) atoms. The molecule has 0 aliphatic carbocycles. The minimum Gasteiger partial charge on any atom is -0.334 e. The fraction of sp³-hybridized carbons (Fsp3) is 0.435. The molecule has 1 aromatic heterocycles. The summed E-state index contributed by atoms with van der Waals surface area (Å²) in [5, 5.41) is 0. The molecule has 2 heterocycles. The zero-order chi connectivity index (χ0) is 22.8. The van der Waals surface area contributed by atoms with Gasteiger partial charge in [0.1, 0.15) is 11.5 Å². The van der Waals surface area contributed by atoms with E-state index < -0.39 is 23.2 Å². The predicted octanol–water partition coefficient (Wildman–Crippen LogP) is 6.22. The highest BCUT2D eigenvalue weighted by Crippen LogP contribution is 2.37. The first-order chi connectivity index (χ1) is 14.6. The largest absolute Gasteiger partial charge is 0.416 e. The van der Waals surface area contributed by atoms with Crippen LogP contribution in [0.15, 0.2) is 42.7 Å². The van der Waals surface area contributed by atoms with E-state index in [0.29, 0.717) is 31.0 Å². The number of aromatic nitrogens is 2. The molecule has 0 amide bonds. The van der Waals surface area contributed by atoms with Crippen molar-refractivity contribution in [3.63, 3.8) is 0 Å². The lowest BCUT2D eigenvalue weighted by Gasteiger charge is -2.38. The van der Waals surface area contributed by atoms with Gasteiger partial charge in [-0.25, -0.2) is 13.8 Å². The quantitative estimate of drug-likeness (QED) is 0.452. The number of benzene rings is 2. The topological polar surface area (TPSA) is 21.1 Å². The van der Waals surface area contributed by atoms with Crippen molar-refractivity contribution in [2.24, 2.45) is 7.05 Å². The van der Waals surface area contributed by atoms with Crippen molar-refractivity contribution in [2.45, 2.75) is 45.1 Å². The minimum atomic E-state index is -4.62. The zero-order valence-corrected chi connectivity index (χ0v) is 17.8. The molecule has 0 bridgehead atoms. The van der Waals surface area contributed by atoms with Crippen molar-refractivity contribution in [3.05, 3.63) is 65.2 Å². The van der Waals surface area contributed by atoms with Crippen LogP contribution in [-0.2, 0) is 25.4 Å². The second kappa shape index (κ2) is 8.94. The second-order valence-electron chi connectivity index (χ2n) is 7.68. The van der Waals surface area contributed by atoms with E-state index in [1.165, 1.54) is 0 Å². The minimum absolute atomic E-state index is 0.0359. The highest BCUT2D eigenvalue weighted by Gasteiger charge is 2.38. The van der Waals surface area contributed by atoms with E-state index in [1.54, 1.807) is 29.4 Å². The molecule has 3 nitrogen and oxygen atoms in total. The number of hydrogen-bond acceptors (Lipinski definition) is 2. The summed E-state index contributed by atoms with van der Waals surface area (Å²) in [7, 11) is 1.83. The van der Waals surface area contributed by atoms with Gasteiger partial charge in [-0.3, -0.25) is 4.90 Å². The fourth-order valence-electron chi connectivity index (χ4n) is 4.03. The Morgan fingerprint density at radius 3 is 2.55 bits per heavy atom. The van der Waals surface area contributed by atoms with Crippen molar-refractivity contribution in [1.29, 1.82) is 0 Å². The Morgan fingerprint density at radius 1 is 1.10 bits per heavy atom. The van der Waals surface area contributed by atoms with Gasteiger partial charge in [0.2, 0.25) is 0 Å². The van der Waals surface area contributed by atoms with Gasteiger partial charge in [-0.2, -0.15) is 13.2 Å². The Labute approximate surface area is 178 Å². The number of alkyl halides is 4. The smallest absolute Gasteiger partial charge is 0.334 e. The second-order valence-corrected chi connectivity index (χ2v) is 7.68. The Hall–Kier alpha value is -2.48. The van der Waals surface area contributed by atoms with Crippen LogP contribution in [0.2, 0.25) is 0 Å². The lowest BCUT2D eigenvalue weighted by atomic mass is 9.87. The Bertz CT molecular complexity index is 1040. The molecular weight excluding hydrogens is 413 g/mol. The van der Waals surface area contributed by atoms with Crippen LogP contribution in [-0.4, -0.2) is 27.5 Å². The number of aryl methyl sites for hydroxylation is 1. The molecule has 2 aromatic carbocycles. The molecule has 0 spiro atoms. The summed E-state index contributed by atoms with van der Waals surface area (Å²) in [6.07, 6.45) is -2.08. The van der Waals surface area contributed by atoms with E-state index in [1.807, 2.05) is 25.5 Å². The maximum absolute atomic E-state index is 15.8. The summed E-state index contributed by atoms with van der Waals surface area (Å²) < 4.78 is 70.2. The number of rotatable bonds is 3. The molecule has 1 aliphatic heterocycles. The summed E-state index contributed by atoms with van der Waals surface area (Å²) in [6, 6.07) is 7.73. The van der Waals surface area contributed by atoms with E-state index in [2.05, 4.69) is 4.98 Å².